The summed E-state index contributed by atoms with van der Waals surface area (Å²) in [4.78, 5) is 19.4. The van der Waals surface area contributed by atoms with Gasteiger partial charge in [0.05, 0.1) is 23.8 Å². The summed E-state index contributed by atoms with van der Waals surface area (Å²) in [7, 11) is 0. The van der Waals surface area contributed by atoms with E-state index in [2.05, 4.69) is 26.0 Å². The largest absolute Gasteiger partial charge is 0.573 e. The molecular weight excluding hydrogens is 497 g/mol. The summed E-state index contributed by atoms with van der Waals surface area (Å²) in [5.41, 5.74) is 2.73. The maximum Gasteiger partial charge on any atom is 0.573 e. The third kappa shape index (κ3) is 7.01. The highest BCUT2D eigenvalue weighted by Crippen LogP contribution is 2.32. The number of halogens is 3. The summed E-state index contributed by atoms with van der Waals surface area (Å²) >= 11 is 0. The summed E-state index contributed by atoms with van der Waals surface area (Å²) in [5, 5.41) is 12.2. The fraction of sp³-hybridized carbons (Fsp3) is 0.321. The molecule has 38 heavy (non-hydrogen) atoms. The molecule has 1 amide bonds. The van der Waals surface area contributed by atoms with E-state index in [0.717, 1.165) is 23.3 Å². The van der Waals surface area contributed by atoms with Gasteiger partial charge in [-0.25, -0.2) is 4.98 Å². The predicted octanol–water partition coefficient (Wildman–Crippen LogP) is 5.23. The van der Waals surface area contributed by atoms with Crippen molar-refractivity contribution in [2.45, 2.75) is 44.8 Å². The first kappa shape index (κ1) is 26.9. The molecule has 1 N–H and O–H groups in total. The Morgan fingerprint density at radius 3 is 2.34 bits per heavy atom. The van der Waals surface area contributed by atoms with Crippen LogP contribution in [-0.2, 0) is 0 Å². The molecule has 4 rings (SSSR count). The zero-order chi connectivity index (χ0) is 27.3. The van der Waals surface area contributed by atoms with E-state index in [1.165, 1.54) is 12.1 Å². The summed E-state index contributed by atoms with van der Waals surface area (Å²) in [6.45, 7) is 5.10. The topological polar surface area (TPSA) is 87.5 Å². The minimum absolute atomic E-state index is 0.000933. The lowest BCUT2D eigenvalue weighted by Crippen LogP contribution is -2.38. The number of ether oxygens (including phenoxy) is 2. The van der Waals surface area contributed by atoms with Gasteiger partial charge in [-0.05, 0) is 67.8 Å². The van der Waals surface area contributed by atoms with Gasteiger partial charge < -0.3 is 14.8 Å². The van der Waals surface area contributed by atoms with Crippen LogP contribution in [0.25, 0.3) is 0 Å². The van der Waals surface area contributed by atoms with E-state index in [1.54, 1.807) is 18.3 Å². The van der Waals surface area contributed by atoms with Crippen LogP contribution in [0.2, 0.25) is 0 Å². The Morgan fingerprint density at radius 2 is 1.76 bits per heavy atom. The number of nitrogens with one attached hydrogen (secondary N) is 1. The molecule has 0 bridgehead atoms. The van der Waals surface area contributed by atoms with Crippen molar-refractivity contribution in [3.05, 3.63) is 89.1 Å². The normalized spacial score (nSPS) is 16.6. The van der Waals surface area contributed by atoms with Crippen molar-refractivity contribution in [2.24, 2.45) is 0 Å². The number of hydrogen-bond acceptors (Lipinski definition) is 6. The standard InChI is InChI=1S/C28H27F3N4O3/c1-18(2)37-25-12-9-22(16-33-25)26(20-5-3-19(15-32)4-6-20)35-14-13-23(17-35)34-27(36)21-7-10-24(11-8-21)38-28(29,30)31/h3-12,16,18,23,26H,13-14,17H2,1-2H3,(H,34,36)/t23?,26-/m1/s1. The Hall–Kier alpha value is -4.10. The molecule has 198 valence electrons. The lowest BCUT2D eigenvalue weighted by molar-refractivity contribution is -0.274. The molecule has 1 aliphatic heterocycles. The average molecular weight is 525 g/mol. The van der Waals surface area contributed by atoms with Crippen LogP contribution in [0.4, 0.5) is 13.2 Å². The number of amides is 1. The first-order valence-electron chi connectivity index (χ1n) is 12.1. The van der Waals surface area contributed by atoms with Crippen molar-refractivity contribution in [1.29, 1.82) is 5.26 Å². The number of carbonyl (C=O) groups is 1. The first-order chi connectivity index (χ1) is 18.1. The lowest BCUT2D eigenvalue weighted by atomic mass is 9.97. The molecule has 2 atom stereocenters. The maximum atomic E-state index is 12.8. The Labute approximate surface area is 218 Å². The van der Waals surface area contributed by atoms with Gasteiger partial charge in [-0.3, -0.25) is 9.69 Å². The summed E-state index contributed by atoms with van der Waals surface area (Å²) in [5.74, 6) is -0.229. The molecule has 3 aromatic rings. The summed E-state index contributed by atoms with van der Waals surface area (Å²) < 4.78 is 46.7. The highest BCUT2D eigenvalue weighted by atomic mass is 19.4. The van der Waals surface area contributed by atoms with E-state index in [4.69, 9.17) is 4.74 Å². The zero-order valence-corrected chi connectivity index (χ0v) is 20.9. The number of rotatable bonds is 8. The van der Waals surface area contributed by atoms with Crippen molar-refractivity contribution in [3.63, 3.8) is 0 Å². The number of benzene rings is 2. The molecule has 1 fully saturated rings. The van der Waals surface area contributed by atoms with E-state index in [0.29, 0.717) is 31.0 Å². The third-order valence-electron chi connectivity index (χ3n) is 6.06. The van der Waals surface area contributed by atoms with Crippen LogP contribution in [0.15, 0.2) is 66.9 Å². The van der Waals surface area contributed by atoms with Gasteiger partial charge in [0.15, 0.2) is 0 Å². The van der Waals surface area contributed by atoms with Gasteiger partial charge >= 0.3 is 6.36 Å². The van der Waals surface area contributed by atoms with Gasteiger partial charge in [-0.2, -0.15) is 5.26 Å². The van der Waals surface area contributed by atoms with Crippen molar-refractivity contribution >= 4 is 5.91 Å². The molecule has 2 heterocycles. The molecule has 0 radical (unpaired) electrons. The van der Waals surface area contributed by atoms with Crippen LogP contribution in [0.1, 0.15) is 53.4 Å². The fourth-order valence-corrected chi connectivity index (χ4v) is 4.44. The molecule has 1 saturated heterocycles. The molecule has 0 aliphatic carbocycles. The second-order valence-electron chi connectivity index (χ2n) is 9.26. The van der Waals surface area contributed by atoms with Crippen molar-refractivity contribution in [2.75, 3.05) is 13.1 Å². The number of nitriles is 1. The van der Waals surface area contributed by atoms with Gasteiger partial charge in [0.25, 0.3) is 5.91 Å². The highest BCUT2D eigenvalue weighted by molar-refractivity contribution is 5.94. The predicted molar refractivity (Wildman–Crippen MR) is 134 cm³/mol. The van der Waals surface area contributed by atoms with Gasteiger partial charge in [-0.15, -0.1) is 13.2 Å². The number of hydrogen-bond donors (Lipinski definition) is 1. The van der Waals surface area contributed by atoms with E-state index < -0.39 is 6.36 Å². The highest BCUT2D eigenvalue weighted by Gasteiger charge is 2.32. The number of pyridine rings is 1. The number of alkyl halides is 3. The number of nitrogens with zero attached hydrogens (tertiary/aromatic N) is 3. The van der Waals surface area contributed by atoms with Gasteiger partial charge in [0, 0.05) is 37.0 Å². The molecule has 0 saturated carbocycles. The second-order valence-corrected chi connectivity index (χ2v) is 9.26. The average Bonchev–Trinajstić information content (AvgIpc) is 3.32. The smallest absolute Gasteiger partial charge is 0.475 e. The molecule has 1 unspecified atom stereocenters. The van der Waals surface area contributed by atoms with Gasteiger partial charge in [-0.1, -0.05) is 18.2 Å². The van der Waals surface area contributed by atoms with Crippen LogP contribution in [0, 0.1) is 11.3 Å². The molecule has 2 aromatic carbocycles. The third-order valence-corrected chi connectivity index (χ3v) is 6.06. The van der Waals surface area contributed by atoms with Gasteiger partial charge in [0.1, 0.15) is 5.75 Å². The molecular formula is C28H27F3N4O3. The van der Waals surface area contributed by atoms with Crippen molar-refractivity contribution in [1.82, 2.24) is 15.2 Å². The Kier molecular flexibility index (Phi) is 8.17. The molecule has 0 spiro atoms. The van der Waals surface area contributed by atoms with E-state index in [9.17, 15) is 23.2 Å². The van der Waals surface area contributed by atoms with Gasteiger partial charge in [0.2, 0.25) is 5.88 Å². The summed E-state index contributed by atoms with van der Waals surface area (Å²) in [6.07, 6.45) is -2.33. The van der Waals surface area contributed by atoms with Crippen LogP contribution in [0.5, 0.6) is 11.6 Å². The number of likely N-dealkylation sites (tertiary alicyclic amines) is 1. The minimum Gasteiger partial charge on any atom is -0.475 e. The van der Waals surface area contributed by atoms with E-state index in [-0.39, 0.29) is 35.4 Å². The van der Waals surface area contributed by atoms with E-state index in [1.807, 2.05) is 38.1 Å². The van der Waals surface area contributed by atoms with Crippen LogP contribution in [0.3, 0.4) is 0 Å². The van der Waals surface area contributed by atoms with Crippen molar-refractivity contribution in [3.8, 4) is 17.7 Å². The number of carbonyl (C=O) groups excluding carboxylic acids is 1. The van der Waals surface area contributed by atoms with Crippen molar-refractivity contribution < 1.29 is 27.4 Å². The zero-order valence-electron chi connectivity index (χ0n) is 20.9. The number of aromatic nitrogens is 1. The quantitative estimate of drug-likeness (QED) is 0.434. The second kappa shape index (κ2) is 11.5. The molecule has 10 heteroatoms. The summed E-state index contributed by atoms with van der Waals surface area (Å²) in [6, 6.07) is 17.8. The Morgan fingerprint density at radius 1 is 1.08 bits per heavy atom. The minimum atomic E-state index is -4.79. The molecule has 1 aromatic heterocycles. The van der Waals surface area contributed by atoms with Crippen LogP contribution < -0.4 is 14.8 Å². The fourth-order valence-electron chi connectivity index (χ4n) is 4.44. The van der Waals surface area contributed by atoms with E-state index >= 15 is 0 Å². The SMILES string of the molecule is CC(C)Oc1ccc([C@@H](c2ccc(C#N)cc2)N2CCC(NC(=O)c3ccc(OC(F)(F)F)cc3)C2)cn1. The van der Waals surface area contributed by atoms with Crippen LogP contribution >= 0.6 is 0 Å². The monoisotopic (exact) mass is 524 g/mol. The Balaban J connectivity index is 1.48. The molecule has 7 nitrogen and oxygen atoms in total. The van der Waals surface area contributed by atoms with Crippen LogP contribution in [-0.4, -0.2) is 47.4 Å². The lowest BCUT2D eigenvalue weighted by Gasteiger charge is -2.29. The Bertz CT molecular complexity index is 1270. The first-order valence-corrected chi connectivity index (χ1v) is 12.1. The maximum absolute atomic E-state index is 12.8. The molecule has 1 aliphatic rings.